The van der Waals surface area contributed by atoms with Crippen molar-refractivity contribution in [2.24, 2.45) is 0 Å². The highest BCUT2D eigenvalue weighted by Crippen LogP contribution is 2.19. The smallest absolute Gasteiger partial charge is 0.0794 e. The minimum Gasteiger partial charge on any atom is -0.305 e. The summed E-state index contributed by atoms with van der Waals surface area (Å²) in [6, 6.07) is 9.09. The normalized spacial score (nSPS) is 12.6. The van der Waals surface area contributed by atoms with Gasteiger partial charge in [0.2, 0.25) is 0 Å². The Labute approximate surface area is 110 Å². The van der Waals surface area contributed by atoms with E-state index in [1.807, 2.05) is 11.7 Å². The number of thioether (sulfide) groups is 1. The summed E-state index contributed by atoms with van der Waals surface area (Å²) in [5, 5.41) is 3.50. The summed E-state index contributed by atoms with van der Waals surface area (Å²) in [7, 11) is 0. The lowest BCUT2D eigenvalue weighted by Gasteiger charge is -2.13. The lowest BCUT2D eigenvalue weighted by atomic mass is 10.1. The quantitative estimate of drug-likeness (QED) is 0.833. The van der Waals surface area contributed by atoms with Crippen LogP contribution < -0.4 is 5.32 Å². The lowest BCUT2D eigenvalue weighted by Crippen LogP contribution is -2.17. The van der Waals surface area contributed by atoms with E-state index in [-0.39, 0.29) is 0 Å². The van der Waals surface area contributed by atoms with E-state index < -0.39 is 0 Å². The summed E-state index contributed by atoms with van der Waals surface area (Å²) in [6.45, 7) is 3.07. The number of thiazole rings is 1. The van der Waals surface area contributed by atoms with Crippen molar-refractivity contribution in [3.8, 4) is 0 Å². The standard InChI is InChI=1S/C13H16N2S2/c1-10(15-8-13-7-14-9-17-13)11-3-5-12(16-2)6-4-11/h3-7,9-10,15H,8H2,1-2H3. The molecule has 1 N–H and O–H groups in total. The molecular weight excluding hydrogens is 248 g/mol. The van der Waals surface area contributed by atoms with Crippen LogP contribution in [0.5, 0.6) is 0 Å². The minimum atomic E-state index is 0.369. The highest BCUT2D eigenvalue weighted by Gasteiger charge is 2.05. The molecule has 0 bridgehead atoms. The van der Waals surface area contributed by atoms with Gasteiger partial charge in [-0.15, -0.1) is 23.1 Å². The van der Waals surface area contributed by atoms with E-state index in [0.717, 1.165) is 6.54 Å². The van der Waals surface area contributed by atoms with Gasteiger partial charge in [0.15, 0.2) is 0 Å². The second kappa shape index (κ2) is 6.19. The van der Waals surface area contributed by atoms with E-state index in [1.165, 1.54) is 15.3 Å². The molecule has 0 radical (unpaired) electrons. The molecule has 0 amide bonds. The molecule has 0 spiro atoms. The van der Waals surface area contributed by atoms with Gasteiger partial charge in [0, 0.05) is 28.6 Å². The van der Waals surface area contributed by atoms with Gasteiger partial charge in [0.1, 0.15) is 0 Å². The molecule has 1 aromatic heterocycles. The Kier molecular flexibility index (Phi) is 4.59. The molecule has 90 valence electrons. The van der Waals surface area contributed by atoms with Crippen LogP contribution >= 0.6 is 23.1 Å². The first-order chi connectivity index (χ1) is 8.29. The first-order valence-corrected chi connectivity index (χ1v) is 7.64. The van der Waals surface area contributed by atoms with Crippen LogP contribution in [0.4, 0.5) is 0 Å². The summed E-state index contributed by atoms with van der Waals surface area (Å²) in [4.78, 5) is 6.66. The first kappa shape index (κ1) is 12.6. The van der Waals surface area contributed by atoms with Gasteiger partial charge in [-0.05, 0) is 30.9 Å². The number of nitrogens with one attached hydrogen (secondary N) is 1. The fraction of sp³-hybridized carbons (Fsp3) is 0.308. The average Bonchev–Trinajstić information content (AvgIpc) is 2.89. The number of aromatic nitrogens is 1. The summed E-state index contributed by atoms with van der Waals surface area (Å²) in [5.41, 5.74) is 3.20. The third-order valence-corrected chi connectivity index (χ3v) is 4.20. The van der Waals surface area contributed by atoms with Crippen LogP contribution in [-0.2, 0) is 6.54 Å². The van der Waals surface area contributed by atoms with Gasteiger partial charge in [0.05, 0.1) is 5.51 Å². The molecule has 1 heterocycles. The molecule has 0 aliphatic heterocycles. The van der Waals surface area contributed by atoms with Crippen molar-refractivity contribution >= 4 is 23.1 Å². The molecule has 0 saturated carbocycles. The zero-order valence-electron chi connectivity index (χ0n) is 10.0. The van der Waals surface area contributed by atoms with Crippen LogP contribution in [0.15, 0.2) is 40.9 Å². The monoisotopic (exact) mass is 264 g/mol. The van der Waals surface area contributed by atoms with Gasteiger partial charge >= 0.3 is 0 Å². The zero-order chi connectivity index (χ0) is 12.1. The predicted octanol–water partition coefficient (Wildman–Crippen LogP) is 3.72. The largest absolute Gasteiger partial charge is 0.305 e. The van der Waals surface area contributed by atoms with Crippen LogP contribution in [0.25, 0.3) is 0 Å². The Morgan fingerprint density at radius 2 is 2.12 bits per heavy atom. The zero-order valence-corrected chi connectivity index (χ0v) is 11.6. The van der Waals surface area contributed by atoms with Crippen LogP contribution in [-0.4, -0.2) is 11.2 Å². The highest BCUT2D eigenvalue weighted by atomic mass is 32.2. The van der Waals surface area contributed by atoms with Gasteiger partial charge in [-0.2, -0.15) is 0 Å². The summed E-state index contributed by atoms with van der Waals surface area (Å²) in [5.74, 6) is 0. The van der Waals surface area contributed by atoms with Crippen molar-refractivity contribution < 1.29 is 0 Å². The van der Waals surface area contributed by atoms with Crippen molar-refractivity contribution in [3.63, 3.8) is 0 Å². The maximum atomic E-state index is 4.07. The molecule has 2 nitrogen and oxygen atoms in total. The topological polar surface area (TPSA) is 24.9 Å². The minimum absolute atomic E-state index is 0.369. The number of hydrogen-bond donors (Lipinski definition) is 1. The van der Waals surface area contributed by atoms with Crippen LogP contribution in [0.3, 0.4) is 0 Å². The van der Waals surface area contributed by atoms with E-state index >= 15 is 0 Å². The van der Waals surface area contributed by atoms with Gasteiger partial charge in [-0.1, -0.05) is 12.1 Å². The van der Waals surface area contributed by atoms with Gasteiger partial charge in [-0.25, -0.2) is 0 Å². The van der Waals surface area contributed by atoms with Crippen molar-refractivity contribution in [3.05, 3.63) is 46.4 Å². The molecule has 0 aliphatic rings. The van der Waals surface area contributed by atoms with E-state index in [9.17, 15) is 0 Å². The van der Waals surface area contributed by atoms with Crippen LogP contribution in [0.1, 0.15) is 23.4 Å². The molecule has 0 fully saturated rings. The molecule has 2 aromatic rings. The molecule has 2 rings (SSSR count). The van der Waals surface area contributed by atoms with Crippen molar-refractivity contribution in [1.29, 1.82) is 0 Å². The third kappa shape index (κ3) is 3.56. The number of rotatable bonds is 5. The van der Waals surface area contributed by atoms with E-state index in [0.29, 0.717) is 6.04 Å². The van der Waals surface area contributed by atoms with Gasteiger partial charge in [-0.3, -0.25) is 4.98 Å². The highest BCUT2D eigenvalue weighted by molar-refractivity contribution is 7.98. The summed E-state index contributed by atoms with van der Waals surface area (Å²) >= 11 is 3.46. The van der Waals surface area contributed by atoms with Crippen molar-refractivity contribution in [2.75, 3.05) is 6.26 Å². The maximum Gasteiger partial charge on any atom is 0.0794 e. The third-order valence-electron chi connectivity index (χ3n) is 2.68. The second-order valence-corrected chi connectivity index (χ2v) is 5.69. The molecule has 1 atom stereocenters. The van der Waals surface area contributed by atoms with Crippen LogP contribution in [0.2, 0.25) is 0 Å². The molecule has 4 heteroatoms. The molecule has 0 saturated heterocycles. The Morgan fingerprint density at radius 3 is 2.71 bits per heavy atom. The number of nitrogens with zero attached hydrogens (tertiary/aromatic N) is 1. The first-order valence-electron chi connectivity index (χ1n) is 5.54. The van der Waals surface area contributed by atoms with Gasteiger partial charge < -0.3 is 5.32 Å². The van der Waals surface area contributed by atoms with Crippen LogP contribution in [0, 0.1) is 0 Å². The van der Waals surface area contributed by atoms with E-state index in [4.69, 9.17) is 0 Å². The van der Waals surface area contributed by atoms with E-state index in [2.05, 4.69) is 47.7 Å². The molecule has 0 aliphatic carbocycles. The molecule has 17 heavy (non-hydrogen) atoms. The second-order valence-electron chi connectivity index (χ2n) is 3.84. The Morgan fingerprint density at radius 1 is 1.35 bits per heavy atom. The van der Waals surface area contributed by atoms with Gasteiger partial charge in [0.25, 0.3) is 0 Å². The fourth-order valence-electron chi connectivity index (χ4n) is 1.59. The molecule has 1 unspecified atom stereocenters. The average molecular weight is 264 g/mol. The Balaban J connectivity index is 1.92. The Hall–Kier alpha value is -0.840. The van der Waals surface area contributed by atoms with Crippen molar-refractivity contribution in [1.82, 2.24) is 10.3 Å². The fourth-order valence-corrected chi connectivity index (χ4v) is 2.55. The molecule has 1 aromatic carbocycles. The number of benzene rings is 1. The van der Waals surface area contributed by atoms with E-state index in [1.54, 1.807) is 23.1 Å². The maximum absolute atomic E-state index is 4.07. The Bertz CT molecular complexity index is 437. The lowest BCUT2D eigenvalue weighted by molar-refractivity contribution is 0.578. The summed E-state index contributed by atoms with van der Waals surface area (Å²) < 4.78 is 0. The van der Waals surface area contributed by atoms with Crippen molar-refractivity contribution in [2.45, 2.75) is 24.4 Å². The SMILES string of the molecule is CSc1ccc(C(C)NCc2cncs2)cc1. The predicted molar refractivity (Wildman–Crippen MR) is 75.6 cm³/mol. The summed E-state index contributed by atoms with van der Waals surface area (Å²) in [6.07, 6.45) is 4.02. The number of hydrogen-bond acceptors (Lipinski definition) is 4. The molecular formula is C13H16N2S2.